The Balaban J connectivity index is 2.46. The first kappa shape index (κ1) is 8.52. The van der Waals surface area contributed by atoms with Gasteiger partial charge in [-0.15, -0.1) is 6.58 Å². The lowest BCUT2D eigenvalue weighted by Gasteiger charge is -2.02. The van der Waals surface area contributed by atoms with Crippen molar-refractivity contribution in [3.8, 4) is 5.88 Å². The van der Waals surface area contributed by atoms with Gasteiger partial charge in [-0.05, 0) is 6.42 Å². The van der Waals surface area contributed by atoms with Gasteiger partial charge in [-0.3, -0.25) is 0 Å². The number of anilines is 1. The van der Waals surface area contributed by atoms with Crippen LogP contribution in [0.5, 0.6) is 5.88 Å². The summed E-state index contributed by atoms with van der Waals surface area (Å²) in [6.07, 6.45) is 4.14. The van der Waals surface area contributed by atoms with Gasteiger partial charge in [0.1, 0.15) is 0 Å². The van der Waals surface area contributed by atoms with Crippen molar-refractivity contribution >= 4 is 5.95 Å². The SMILES string of the molecule is C=CCCOc1ccnc(N)n1. The number of nitrogen functional groups attached to an aromatic ring is 1. The third-order valence-electron chi connectivity index (χ3n) is 1.22. The van der Waals surface area contributed by atoms with E-state index < -0.39 is 0 Å². The van der Waals surface area contributed by atoms with Crippen molar-refractivity contribution in [2.45, 2.75) is 6.42 Å². The molecule has 1 aromatic heterocycles. The summed E-state index contributed by atoms with van der Waals surface area (Å²) in [5.74, 6) is 0.732. The molecule has 0 atom stereocenters. The number of rotatable bonds is 4. The fourth-order valence-corrected chi connectivity index (χ4v) is 0.684. The van der Waals surface area contributed by atoms with Crippen molar-refractivity contribution in [3.63, 3.8) is 0 Å². The summed E-state index contributed by atoms with van der Waals surface area (Å²) in [6, 6.07) is 1.67. The molecule has 0 aliphatic carbocycles. The van der Waals surface area contributed by atoms with E-state index in [1.807, 2.05) is 0 Å². The van der Waals surface area contributed by atoms with Gasteiger partial charge in [0, 0.05) is 12.3 Å². The van der Waals surface area contributed by atoms with Crippen LogP contribution in [0.1, 0.15) is 6.42 Å². The number of nitrogens with zero attached hydrogens (tertiary/aromatic N) is 2. The van der Waals surface area contributed by atoms with Crippen LogP contribution in [0.15, 0.2) is 24.9 Å². The van der Waals surface area contributed by atoms with Crippen molar-refractivity contribution in [1.29, 1.82) is 0 Å². The quantitative estimate of drug-likeness (QED) is 0.534. The maximum Gasteiger partial charge on any atom is 0.223 e. The molecule has 2 N–H and O–H groups in total. The third kappa shape index (κ3) is 2.57. The van der Waals surface area contributed by atoms with Gasteiger partial charge < -0.3 is 10.5 Å². The lowest BCUT2D eigenvalue weighted by Crippen LogP contribution is -2.00. The Hall–Kier alpha value is -1.58. The normalized spacial score (nSPS) is 9.33. The summed E-state index contributed by atoms with van der Waals surface area (Å²) in [6.45, 7) is 4.14. The van der Waals surface area contributed by atoms with Gasteiger partial charge in [-0.1, -0.05) is 6.08 Å². The van der Waals surface area contributed by atoms with E-state index in [0.717, 1.165) is 6.42 Å². The van der Waals surface area contributed by atoms with Crippen LogP contribution in [0, 0.1) is 0 Å². The van der Waals surface area contributed by atoms with Crippen molar-refractivity contribution in [1.82, 2.24) is 9.97 Å². The highest BCUT2D eigenvalue weighted by Gasteiger charge is 1.94. The van der Waals surface area contributed by atoms with Crippen LogP contribution >= 0.6 is 0 Å². The summed E-state index contributed by atoms with van der Waals surface area (Å²) < 4.78 is 5.22. The second kappa shape index (κ2) is 4.33. The van der Waals surface area contributed by atoms with Gasteiger partial charge in [0.15, 0.2) is 0 Å². The second-order valence-corrected chi connectivity index (χ2v) is 2.18. The summed E-state index contributed by atoms with van der Waals surface area (Å²) in [4.78, 5) is 7.59. The fraction of sp³-hybridized carbons (Fsp3) is 0.250. The van der Waals surface area contributed by atoms with Gasteiger partial charge in [0.2, 0.25) is 11.8 Å². The zero-order valence-electron chi connectivity index (χ0n) is 6.73. The molecule has 0 unspecified atom stereocenters. The topological polar surface area (TPSA) is 61.0 Å². The predicted octanol–water partition coefficient (Wildman–Crippen LogP) is 1.01. The zero-order chi connectivity index (χ0) is 8.81. The van der Waals surface area contributed by atoms with E-state index >= 15 is 0 Å². The lowest BCUT2D eigenvalue weighted by atomic mass is 10.4. The molecular formula is C8H11N3O. The largest absolute Gasteiger partial charge is 0.477 e. The van der Waals surface area contributed by atoms with Gasteiger partial charge in [0.25, 0.3) is 0 Å². The van der Waals surface area contributed by atoms with E-state index in [-0.39, 0.29) is 5.95 Å². The molecule has 12 heavy (non-hydrogen) atoms. The Labute approximate surface area is 71.1 Å². The van der Waals surface area contributed by atoms with Crippen LogP contribution in [-0.4, -0.2) is 16.6 Å². The molecule has 4 heteroatoms. The average Bonchev–Trinajstić information content (AvgIpc) is 2.05. The number of nitrogens with two attached hydrogens (primary N) is 1. The summed E-state index contributed by atoms with van der Waals surface area (Å²) >= 11 is 0. The highest BCUT2D eigenvalue weighted by molar-refractivity contribution is 5.20. The number of ether oxygens (including phenoxy) is 1. The van der Waals surface area contributed by atoms with E-state index in [9.17, 15) is 0 Å². The number of hydrogen-bond acceptors (Lipinski definition) is 4. The van der Waals surface area contributed by atoms with E-state index in [2.05, 4.69) is 16.5 Å². The monoisotopic (exact) mass is 165 g/mol. The molecule has 4 nitrogen and oxygen atoms in total. The molecule has 0 aliphatic rings. The first-order valence-electron chi connectivity index (χ1n) is 3.65. The van der Waals surface area contributed by atoms with Gasteiger partial charge in [-0.25, -0.2) is 4.98 Å². The molecule has 1 heterocycles. The Kier molecular flexibility index (Phi) is 3.07. The van der Waals surface area contributed by atoms with Crippen molar-refractivity contribution in [2.24, 2.45) is 0 Å². The molecule has 0 amide bonds. The molecule has 1 rings (SSSR count). The van der Waals surface area contributed by atoms with Crippen LogP contribution in [0.3, 0.4) is 0 Å². The van der Waals surface area contributed by atoms with E-state index in [1.165, 1.54) is 0 Å². The standard InChI is InChI=1S/C8H11N3O/c1-2-3-6-12-7-4-5-10-8(9)11-7/h2,4-5H,1,3,6H2,(H2,9,10,11). The molecule has 0 radical (unpaired) electrons. The van der Waals surface area contributed by atoms with Crippen LogP contribution in [0.4, 0.5) is 5.95 Å². The second-order valence-electron chi connectivity index (χ2n) is 2.18. The highest BCUT2D eigenvalue weighted by atomic mass is 16.5. The number of aromatic nitrogens is 2. The molecule has 0 fully saturated rings. The number of hydrogen-bond donors (Lipinski definition) is 1. The minimum Gasteiger partial charge on any atom is -0.477 e. The molecule has 1 aromatic rings. The van der Waals surface area contributed by atoms with Crippen LogP contribution in [0.25, 0.3) is 0 Å². The van der Waals surface area contributed by atoms with Crippen molar-refractivity contribution in [3.05, 3.63) is 24.9 Å². The minimum absolute atomic E-state index is 0.228. The molecule has 0 aliphatic heterocycles. The third-order valence-corrected chi connectivity index (χ3v) is 1.22. The Morgan fingerprint density at radius 1 is 1.67 bits per heavy atom. The fourth-order valence-electron chi connectivity index (χ4n) is 0.684. The zero-order valence-corrected chi connectivity index (χ0v) is 6.73. The first-order valence-corrected chi connectivity index (χ1v) is 3.65. The molecule has 64 valence electrons. The van der Waals surface area contributed by atoms with Crippen molar-refractivity contribution in [2.75, 3.05) is 12.3 Å². The van der Waals surface area contributed by atoms with Crippen LogP contribution in [0.2, 0.25) is 0 Å². The lowest BCUT2D eigenvalue weighted by molar-refractivity contribution is 0.312. The molecule has 0 spiro atoms. The van der Waals surface area contributed by atoms with Gasteiger partial charge in [0.05, 0.1) is 6.61 Å². The molecule has 0 saturated carbocycles. The summed E-state index contributed by atoms with van der Waals surface area (Å²) in [7, 11) is 0. The Morgan fingerprint density at radius 3 is 3.17 bits per heavy atom. The summed E-state index contributed by atoms with van der Waals surface area (Å²) in [5.41, 5.74) is 5.34. The maximum atomic E-state index is 5.34. The van der Waals surface area contributed by atoms with Crippen molar-refractivity contribution < 1.29 is 4.74 Å². The predicted molar refractivity (Wildman–Crippen MR) is 46.8 cm³/mol. The molecular weight excluding hydrogens is 154 g/mol. The molecule has 0 saturated heterocycles. The van der Waals surface area contributed by atoms with Gasteiger partial charge in [-0.2, -0.15) is 4.98 Å². The molecule has 0 aromatic carbocycles. The van der Waals surface area contributed by atoms with E-state index in [1.54, 1.807) is 18.3 Å². The molecule has 0 bridgehead atoms. The Bertz CT molecular complexity index is 262. The highest BCUT2D eigenvalue weighted by Crippen LogP contribution is 2.05. The van der Waals surface area contributed by atoms with Crippen LogP contribution < -0.4 is 10.5 Å². The average molecular weight is 165 g/mol. The summed E-state index contributed by atoms with van der Waals surface area (Å²) in [5, 5.41) is 0. The van der Waals surface area contributed by atoms with E-state index in [0.29, 0.717) is 12.5 Å². The Morgan fingerprint density at radius 2 is 2.50 bits per heavy atom. The minimum atomic E-state index is 0.228. The smallest absolute Gasteiger partial charge is 0.223 e. The van der Waals surface area contributed by atoms with Gasteiger partial charge >= 0.3 is 0 Å². The first-order chi connectivity index (χ1) is 5.83. The van der Waals surface area contributed by atoms with E-state index in [4.69, 9.17) is 10.5 Å². The van der Waals surface area contributed by atoms with Crippen LogP contribution in [-0.2, 0) is 0 Å². The maximum absolute atomic E-state index is 5.34.